The van der Waals surface area contributed by atoms with Crippen LogP contribution in [-0.4, -0.2) is 14.2 Å². The van der Waals surface area contributed by atoms with E-state index in [0.29, 0.717) is 16.1 Å². The summed E-state index contributed by atoms with van der Waals surface area (Å²) >= 11 is 9.30. The van der Waals surface area contributed by atoms with Crippen molar-refractivity contribution in [1.82, 2.24) is 0 Å². The zero-order valence-corrected chi connectivity index (χ0v) is 18.3. The van der Waals surface area contributed by atoms with E-state index in [1.54, 1.807) is 72.8 Å². The number of aryl methyl sites for hydroxylation is 1. The van der Waals surface area contributed by atoms with Crippen LogP contribution in [0.5, 0.6) is 0 Å². The molecule has 0 unspecified atom stereocenters. The number of carbonyl (C=O) groups excluding carboxylic acids is 1. The van der Waals surface area contributed by atoms with Crippen LogP contribution in [-0.2, 0) is 9.84 Å². The number of sulfone groups is 1. The van der Waals surface area contributed by atoms with E-state index in [9.17, 15) is 13.2 Å². The second-order valence-corrected chi connectivity index (χ2v) is 10.0. The van der Waals surface area contributed by atoms with Crippen molar-refractivity contribution in [3.8, 4) is 0 Å². The van der Waals surface area contributed by atoms with Gasteiger partial charge in [0.25, 0.3) is 0 Å². The van der Waals surface area contributed by atoms with Crippen LogP contribution in [0.2, 0.25) is 5.02 Å². The molecule has 0 aliphatic heterocycles. The van der Waals surface area contributed by atoms with Gasteiger partial charge in [0.15, 0.2) is 15.6 Å². The lowest BCUT2D eigenvalue weighted by molar-refractivity contribution is 0.0980. The molecule has 0 saturated heterocycles. The molecule has 0 N–H and O–H groups in total. The summed E-state index contributed by atoms with van der Waals surface area (Å²) in [4.78, 5) is 13.0. The SMILES string of the molecule is Cc1ccc(S(=O)(=O)[C@@H](CC(=O)c2ccc(Br)cc2)c2ccc(Cl)cc2)cc1. The maximum Gasteiger partial charge on any atom is 0.185 e. The zero-order valence-electron chi connectivity index (χ0n) is 15.1. The lowest BCUT2D eigenvalue weighted by Crippen LogP contribution is -2.18. The van der Waals surface area contributed by atoms with Gasteiger partial charge < -0.3 is 0 Å². The number of hydrogen-bond donors (Lipinski definition) is 0. The number of benzene rings is 3. The first kappa shape index (κ1) is 20.8. The first-order chi connectivity index (χ1) is 13.3. The van der Waals surface area contributed by atoms with E-state index in [1.807, 2.05) is 6.92 Å². The van der Waals surface area contributed by atoms with Crippen LogP contribution in [0.4, 0.5) is 0 Å². The van der Waals surface area contributed by atoms with Crippen LogP contribution in [0.25, 0.3) is 0 Å². The summed E-state index contributed by atoms with van der Waals surface area (Å²) in [6.07, 6.45) is -0.153. The minimum atomic E-state index is -3.77. The lowest BCUT2D eigenvalue weighted by atomic mass is 10.0. The molecule has 3 rings (SSSR count). The zero-order chi connectivity index (χ0) is 20.3. The first-order valence-electron chi connectivity index (χ1n) is 8.62. The molecule has 0 aliphatic carbocycles. The summed E-state index contributed by atoms with van der Waals surface area (Å²) in [5.41, 5.74) is 1.98. The molecule has 3 nitrogen and oxygen atoms in total. The summed E-state index contributed by atoms with van der Waals surface area (Å²) in [5, 5.41) is -0.488. The normalized spacial score (nSPS) is 12.5. The Bertz CT molecular complexity index is 1070. The Kier molecular flexibility index (Phi) is 6.38. The van der Waals surface area contributed by atoms with Gasteiger partial charge in [-0.15, -0.1) is 0 Å². The highest BCUT2D eigenvalue weighted by Gasteiger charge is 2.31. The number of rotatable bonds is 6. The van der Waals surface area contributed by atoms with Gasteiger partial charge in [-0.05, 0) is 48.9 Å². The van der Waals surface area contributed by atoms with E-state index in [-0.39, 0.29) is 17.1 Å². The number of hydrogen-bond acceptors (Lipinski definition) is 3. The smallest absolute Gasteiger partial charge is 0.185 e. The molecule has 0 saturated carbocycles. The maximum atomic E-state index is 13.4. The number of Topliss-reactive ketones (excluding diaryl/α,β-unsaturated/α-hetero) is 1. The Labute approximate surface area is 178 Å². The Morgan fingerprint density at radius 1 is 0.929 bits per heavy atom. The highest BCUT2D eigenvalue weighted by molar-refractivity contribution is 9.10. The van der Waals surface area contributed by atoms with Gasteiger partial charge in [0.2, 0.25) is 0 Å². The fourth-order valence-electron chi connectivity index (χ4n) is 2.90. The molecule has 3 aromatic carbocycles. The van der Waals surface area contributed by atoms with Gasteiger partial charge in [0.1, 0.15) is 0 Å². The fourth-order valence-corrected chi connectivity index (χ4v) is 5.02. The molecule has 3 aromatic rings. The van der Waals surface area contributed by atoms with Crippen molar-refractivity contribution in [2.75, 3.05) is 0 Å². The van der Waals surface area contributed by atoms with E-state index in [2.05, 4.69) is 15.9 Å². The standard InChI is InChI=1S/C22H18BrClO3S/c1-15-2-12-20(13-3-15)28(26,27)22(17-6-10-19(24)11-7-17)14-21(25)16-4-8-18(23)9-5-16/h2-13,22H,14H2,1H3/t22-/m0/s1. The number of ketones is 1. The third-order valence-electron chi connectivity index (χ3n) is 4.50. The second-order valence-electron chi connectivity index (χ2n) is 6.53. The molecule has 0 heterocycles. The summed E-state index contributed by atoms with van der Waals surface area (Å²) in [6, 6.07) is 20.2. The van der Waals surface area contributed by atoms with Crippen molar-refractivity contribution >= 4 is 43.2 Å². The topological polar surface area (TPSA) is 51.2 Å². The maximum absolute atomic E-state index is 13.4. The summed E-state index contributed by atoms with van der Waals surface area (Å²) < 4.78 is 27.6. The average Bonchev–Trinajstić information content (AvgIpc) is 2.67. The van der Waals surface area contributed by atoms with Crippen molar-refractivity contribution in [2.45, 2.75) is 23.5 Å². The van der Waals surface area contributed by atoms with Gasteiger partial charge in [-0.25, -0.2) is 8.42 Å². The molecule has 0 fully saturated rings. The van der Waals surface area contributed by atoms with E-state index < -0.39 is 15.1 Å². The molecule has 0 radical (unpaired) electrons. The molecule has 1 atom stereocenters. The third-order valence-corrected chi connectivity index (χ3v) is 7.40. The van der Waals surface area contributed by atoms with E-state index in [4.69, 9.17) is 11.6 Å². The van der Waals surface area contributed by atoms with E-state index in [1.165, 1.54) is 0 Å². The molecule has 144 valence electrons. The third kappa shape index (κ3) is 4.72. The lowest BCUT2D eigenvalue weighted by Gasteiger charge is -2.18. The second kappa shape index (κ2) is 8.60. The van der Waals surface area contributed by atoms with Gasteiger partial charge in [-0.3, -0.25) is 4.79 Å². The minimum Gasteiger partial charge on any atom is -0.294 e. The quantitative estimate of drug-likeness (QED) is 0.397. The van der Waals surface area contributed by atoms with Crippen LogP contribution >= 0.6 is 27.5 Å². The molecule has 28 heavy (non-hydrogen) atoms. The van der Waals surface area contributed by atoms with Crippen molar-refractivity contribution in [3.05, 3.63) is 99.0 Å². The Balaban J connectivity index is 2.02. The monoisotopic (exact) mass is 476 g/mol. The minimum absolute atomic E-state index is 0.153. The van der Waals surface area contributed by atoms with Crippen molar-refractivity contribution in [3.63, 3.8) is 0 Å². The van der Waals surface area contributed by atoms with Crippen molar-refractivity contribution in [2.24, 2.45) is 0 Å². The molecule has 0 aromatic heterocycles. The first-order valence-corrected chi connectivity index (χ1v) is 11.3. The van der Waals surface area contributed by atoms with Gasteiger partial charge >= 0.3 is 0 Å². The van der Waals surface area contributed by atoms with Crippen molar-refractivity contribution in [1.29, 1.82) is 0 Å². The van der Waals surface area contributed by atoms with E-state index >= 15 is 0 Å². The molecule has 6 heteroatoms. The Hall–Kier alpha value is -1.95. The molecule has 0 bridgehead atoms. The van der Waals surface area contributed by atoms with Crippen LogP contribution < -0.4 is 0 Å². The molecule has 0 amide bonds. The fraction of sp³-hybridized carbons (Fsp3) is 0.136. The predicted octanol–water partition coefficient (Wildman–Crippen LogP) is 6.20. The van der Waals surface area contributed by atoms with Crippen LogP contribution in [0.3, 0.4) is 0 Å². The summed E-state index contributed by atoms with van der Waals surface area (Å²) in [7, 11) is -3.77. The van der Waals surface area contributed by atoms with Crippen molar-refractivity contribution < 1.29 is 13.2 Å². The summed E-state index contributed by atoms with van der Waals surface area (Å²) in [5.74, 6) is -0.233. The highest BCUT2D eigenvalue weighted by Crippen LogP contribution is 2.34. The van der Waals surface area contributed by atoms with Gasteiger partial charge in [-0.1, -0.05) is 69.5 Å². The van der Waals surface area contributed by atoms with Crippen LogP contribution in [0, 0.1) is 6.92 Å². The van der Waals surface area contributed by atoms with Gasteiger partial charge in [0.05, 0.1) is 10.1 Å². The average molecular weight is 478 g/mol. The number of halogens is 2. The van der Waals surface area contributed by atoms with Crippen LogP contribution in [0.1, 0.15) is 33.2 Å². The predicted molar refractivity (Wildman–Crippen MR) is 116 cm³/mol. The summed E-state index contributed by atoms with van der Waals surface area (Å²) in [6.45, 7) is 1.89. The Morgan fingerprint density at radius 3 is 2.07 bits per heavy atom. The molecule has 0 aliphatic rings. The van der Waals surface area contributed by atoms with Gasteiger partial charge in [0, 0.05) is 21.5 Å². The molecular formula is C22H18BrClO3S. The van der Waals surface area contributed by atoms with Gasteiger partial charge in [-0.2, -0.15) is 0 Å². The Morgan fingerprint density at radius 2 is 1.50 bits per heavy atom. The molecule has 0 spiro atoms. The number of carbonyl (C=O) groups is 1. The largest absolute Gasteiger partial charge is 0.294 e. The molecular weight excluding hydrogens is 460 g/mol. The highest BCUT2D eigenvalue weighted by atomic mass is 79.9. The van der Waals surface area contributed by atoms with Crippen LogP contribution in [0.15, 0.2) is 82.2 Å². The van der Waals surface area contributed by atoms with E-state index in [0.717, 1.165) is 10.0 Å².